The van der Waals surface area contributed by atoms with Gasteiger partial charge in [0.15, 0.2) is 0 Å². The number of nitrogens with zero attached hydrogens (tertiary/aromatic N) is 2. The highest BCUT2D eigenvalue weighted by Gasteiger charge is 2.28. The summed E-state index contributed by atoms with van der Waals surface area (Å²) in [7, 11) is 2.22. The Morgan fingerprint density at radius 2 is 1.78 bits per heavy atom. The molecule has 1 unspecified atom stereocenters. The van der Waals surface area contributed by atoms with Gasteiger partial charge in [-0.25, -0.2) is 0 Å². The van der Waals surface area contributed by atoms with Crippen LogP contribution in [0.3, 0.4) is 0 Å². The maximum atomic E-state index is 3.71. The molecule has 0 aromatic carbocycles. The van der Waals surface area contributed by atoms with Crippen LogP contribution in [0.1, 0.15) is 47.0 Å². The summed E-state index contributed by atoms with van der Waals surface area (Å²) >= 11 is 0. The summed E-state index contributed by atoms with van der Waals surface area (Å²) in [6.07, 6.45) is 3.94. The van der Waals surface area contributed by atoms with Crippen molar-refractivity contribution < 1.29 is 0 Å². The van der Waals surface area contributed by atoms with Crippen molar-refractivity contribution in [1.29, 1.82) is 0 Å². The highest BCUT2D eigenvalue weighted by Crippen LogP contribution is 2.16. The van der Waals surface area contributed by atoms with Gasteiger partial charge in [-0.1, -0.05) is 19.8 Å². The van der Waals surface area contributed by atoms with Crippen molar-refractivity contribution >= 4 is 0 Å². The Balaban J connectivity index is 2.30. The normalized spacial score (nSPS) is 21.2. The van der Waals surface area contributed by atoms with Crippen LogP contribution in [0.4, 0.5) is 0 Å². The highest BCUT2D eigenvalue weighted by molar-refractivity contribution is 4.87. The van der Waals surface area contributed by atoms with Crippen LogP contribution in [0.5, 0.6) is 0 Å². The van der Waals surface area contributed by atoms with Crippen molar-refractivity contribution in [3.63, 3.8) is 0 Å². The second-order valence-corrected chi connectivity index (χ2v) is 6.53. The summed E-state index contributed by atoms with van der Waals surface area (Å²) in [5, 5.41) is 3.71. The minimum absolute atomic E-state index is 0.279. The molecule has 1 fully saturated rings. The van der Waals surface area contributed by atoms with Crippen LogP contribution in [-0.2, 0) is 0 Å². The Bertz CT molecular complexity index is 220. The van der Waals surface area contributed by atoms with Gasteiger partial charge in [-0.2, -0.15) is 0 Å². The van der Waals surface area contributed by atoms with E-state index in [1.165, 1.54) is 45.4 Å². The number of hydrogen-bond donors (Lipinski definition) is 1. The molecule has 1 heterocycles. The SMILES string of the molecule is CCCCC(C)NCC(C)(C)N1CCN(C)CC1. The molecule has 1 saturated heterocycles. The van der Waals surface area contributed by atoms with Gasteiger partial charge in [0.05, 0.1) is 0 Å². The Morgan fingerprint density at radius 1 is 1.17 bits per heavy atom. The average Bonchev–Trinajstić information content (AvgIpc) is 2.34. The van der Waals surface area contributed by atoms with Crippen LogP contribution in [0, 0.1) is 0 Å². The van der Waals surface area contributed by atoms with Gasteiger partial charge in [0, 0.05) is 44.3 Å². The summed E-state index contributed by atoms with van der Waals surface area (Å²) in [5.41, 5.74) is 0.279. The molecule has 108 valence electrons. The highest BCUT2D eigenvalue weighted by atomic mass is 15.3. The van der Waals surface area contributed by atoms with Gasteiger partial charge < -0.3 is 10.2 Å². The maximum Gasteiger partial charge on any atom is 0.0278 e. The summed E-state index contributed by atoms with van der Waals surface area (Å²) < 4.78 is 0. The van der Waals surface area contributed by atoms with Crippen molar-refractivity contribution in [2.75, 3.05) is 39.8 Å². The second-order valence-electron chi connectivity index (χ2n) is 6.53. The largest absolute Gasteiger partial charge is 0.312 e. The lowest BCUT2D eigenvalue weighted by Gasteiger charge is -2.43. The molecule has 3 nitrogen and oxygen atoms in total. The van der Waals surface area contributed by atoms with E-state index in [2.05, 4.69) is 49.9 Å². The summed E-state index contributed by atoms with van der Waals surface area (Å²) in [6.45, 7) is 15.2. The fourth-order valence-corrected chi connectivity index (χ4v) is 2.56. The zero-order valence-electron chi connectivity index (χ0n) is 13.1. The van der Waals surface area contributed by atoms with E-state index >= 15 is 0 Å². The van der Waals surface area contributed by atoms with Crippen LogP contribution in [-0.4, -0.2) is 61.2 Å². The molecule has 0 spiro atoms. The van der Waals surface area contributed by atoms with E-state index < -0.39 is 0 Å². The molecular weight excluding hydrogens is 222 g/mol. The fourth-order valence-electron chi connectivity index (χ4n) is 2.56. The molecule has 1 atom stereocenters. The first-order chi connectivity index (χ1) is 8.45. The van der Waals surface area contributed by atoms with Crippen molar-refractivity contribution in [3.05, 3.63) is 0 Å². The van der Waals surface area contributed by atoms with Gasteiger partial charge in [0.25, 0.3) is 0 Å². The molecule has 1 N–H and O–H groups in total. The predicted octanol–water partition coefficient (Wildman–Crippen LogP) is 2.18. The van der Waals surface area contributed by atoms with Crippen LogP contribution >= 0.6 is 0 Å². The fraction of sp³-hybridized carbons (Fsp3) is 1.00. The Morgan fingerprint density at radius 3 is 2.33 bits per heavy atom. The molecule has 1 aliphatic heterocycles. The molecular formula is C15H33N3. The van der Waals surface area contributed by atoms with Gasteiger partial charge in [0.2, 0.25) is 0 Å². The van der Waals surface area contributed by atoms with E-state index in [4.69, 9.17) is 0 Å². The number of rotatable bonds is 7. The lowest BCUT2D eigenvalue weighted by Crippen LogP contribution is -2.58. The topological polar surface area (TPSA) is 18.5 Å². The molecule has 0 bridgehead atoms. The second kappa shape index (κ2) is 7.46. The number of nitrogens with one attached hydrogen (secondary N) is 1. The third kappa shape index (κ3) is 5.25. The number of piperazine rings is 1. The molecule has 0 aliphatic carbocycles. The molecule has 0 saturated carbocycles. The number of likely N-dealkylation sites (N-methyl/N-ethyl adjacent to an activating group) is 1. The van der Waals surface area contributed by atoms with Gasteiger partial charge in [-0.3, -0.25) is 4.90 Å². The zero-order chi connectivity index (χ0) is 13.6. The minimum Gasteiger partial charge on any atom is -0.312 e. The lowest BCUT2D eigenvalue weighted by molar-refractivity contribution is 0.0603. The Kier molecular flexibility index (Phi) is 6.61. The van der Waals surface area contributed by atoms with Gasteiger partial charge in [0.1, 0.15) is 0 Å². The van der Waals surface area contributed by atoms with E-state index in [1.807, 2.05) is 0 Å². The van der Waals surface area contributed by atoms with Gasteiger partial charge in [-0.15, -0.1) is 0 Å². The zero-order valence-corrected chi connectivity index (χ0v) is 13.1. The van der Waals surface area contributed by atoms with E-state index in [1.54, 1.807) is 0 Å². The monoisotopic (exact) mass is 255 g/mol. The Hall–Kier alpha value is -0.120. The first-order valence-electron chi connectivity index (χ1n) is 7.62. The molecule has 1 aliphatic rings. The standard InChI is InChI=1S/C15H33N3/c1-6-7-8-14(2)16-13-15(3,4)18-11-9-17(5)10-12-18/h14,16H,6-13H2,1-5H3. The van der Waals surface area contributed by atoms with Gasteiger partial charge >= 0.3 is 0 Å². The molecule has 0 amide bonds. The molecule has 0 aromatic rings. The third-order valence-corrected chi connectivity index (χ3v) is 4.23. The summed E-state index contributed by atoms with van der Waals surface area (Å²) in [5.74, 6) is 0. The molecule has 18 heavy (non-hydrogen) atoms. The molecule has 0 radical (unpaired) electrons. The third-order valence-electron chi connectivity index (χ3n) is 4.23. The van der Waals surface area contributed by atoms with E-state index in [-0.39, 0.29) is 5.54 Å². The minimum atomic E-state index is 0.279. The molecule has 0 aromatic heterocycles. The van der Waals surface area contributed by atoms with Crippen LogP contribution in [0.2, 0.25) is 0 Å². The lowest BCUT2D eigenvalue weighted by atomic mass is 10.0. The van der Waals surface area contributed by atoms with Crippen molar-refractivity contribution in [2.45, 2.75) is 58.5 Å². The first-order valence-corrected chi connectivity index (χ1v) is 7.62. The van der Waals surface area contributed by atoms with E-state index in [9.17, 15) is 0 Å². The number of hydrogen-bond acceptors (Lipinski definition) is 3. The van der Waals surface area contributed by atoms with E-state index in [0.717, 1.165) is 6.54 Å². The van der Waals surface area contributed by atoms with Crippen molar-refractivity contribution in [1.82, 2.24) is 15.1 Å². The van der Waals surface area contributed by atoms with Gasteiger partial charge in [-0.05, 0) is 34.2 Å². The van der Waals surface area contributed by atoms with Crippen molar-refractivity contribution in [3.8, 4) is 0 Å². The van der Waals surface area contributed by atoms with Crippen LogP contribution in [0.15, 0.2) is 0 Å². The first kappa shape index (κ1) is 15.9. The van der Waals surface area contributed by atoms with Crippen LogP contribution < -0.4 is 5.32 Å². The van der Waals surface area contributed by atoms with Crippen molar-refractivity contribution in [2.24, 2.45) is 0 Å². The maximum absolute atomic E-state index is 3.71. The summed E-state index contributed by atoms with van der Waals surface area (Å²) in [4.78, 5) is 5.05. The number of unbranched alkanes of at least 4 members (excludes halogenated alkanes) is 1. The Labute approximate surface area is 114 Å². The predicted molar refractivity (Wildman–Crippen MR) is 80.1 cm³/mol. The van der Waals surface area contributed by atoms with Crippen LogP contribution in [0.25, 0.3) is 0 Å². The average molecular weight is 255 g/mol. The smallest absolute Gasteiger partial charge is 0.0278 e. The molecule has 3 heteroatoms. The van der Waals surface area contributed by atoms with E-state index in [0.29, 0.717) is 6.04 Å². The summed E-state index contributed by atoms with van der Waals surface area (Å²) in [6, 6.07) is 0.650. The quantitative estimate of drug-likeness (QED) is 0.752. The molecule has 1 rings (SSSR count).